The molecule has 0 saturated carbocycles. The number of thioether (sulfide) groups is 1. The van der Waals surface area contributed by atoms with Gasteiger partial charge in [-0.1, -0.05) is 28.9 Å². The quantitative estimate of drug-likeness (QED) is 0.761. The van der Waals surface area contributed by atoms with Crippen LogP contribution in [0.4, 0.5) is 0 Å². The second-order valence-electron chi connectivity index (χ2n) is 3.87. The van der Waals surface area contributed by atoms with Crippen LogP contribution in [-0.4, -0.2) is 18.2 Å². The highest BCUT2D eigenvalue weighted by molar-refractivity contribution is 9.09. The topological polar surface area (TPSA) is 9.23 Å². The van der Waals surface area contributed by atoms with Crippen molar-refractivity contribution in [3.63, 3.8) is 0 Å². The van der Waals surface area contributed by atoms with Crippen molar-refractivity contribution in [2.75, 3.05) is 18.2 Å². The molecule has 82 valence electrons. The molecule has 1 aliphatic rings. The fourth-order valence-electron chi connectivity index (χ4n) is 1.97. The second-order valence-corrected chi connectivity index (χ2v) is 5.76. The van der Waals surface area contributed by atoms with E-state index in [2.05, 4.69) is 41.1 Å². The normalized spacial score (nSPS) is 24.7. The molecule has 0 radical (unpaired) electrons. The summed E-state index contributed by atoms with van der Waals surface area (Å²) in [6, 6.07) is 6.46. The van der Waals surface area contributed by atoms with Crippen LogP contribution >= 0.6 is 27.7 Å². The van der Waals surface area contributed by atoms with E-state index in [1.807, 2.05) is 11.8 Å². The number of ether oxygens (including phenoxy) is 1. The van der Waals surface area contributed by atoms with E-state index in [1.165, 1.54) is 16.9 Å². The number of hydrogen-bond donors (Lipinski definition) is 0. The lowest BCUT2D eigenvalue weighted by Gasteiger charge is -2.28. The standard InChI is InChI=1S/C12H15BrOS/c1-8-7-15-12(6-13)10-4-3-9(14-2)5-11(8)10/h3-5,8,12H,6-7H2,1-2H3. The third-order valence-electron chi connectivity index (χ3n) is 2.86. The van der Waals surface area contributed by atoms with Gasteiger partial charge in [-0.25, -0.2) is 0 Å². The molecule has 3 heteroatoms. The highest BCUT2D eigenvalue weighted by Crippen LogP contribution is 2.43. The molecule has 0 aliphatic carbocycles. The lowest BCUT2D eigenvalue weighted by atomic mass is 9.94. The zero-order chi connectivity index (χ0) is 10.8. The minimum Gasteiger partial charge on any atom is -0.497 e. The van der Waals surface area contributed by atoms with Crippen LogP contribution < -0.4 is 4.74 Å². The predicted octanol–water partition coefficient (Wildman–Crippen LogP) is 3.98. The van der Waals surface area contributed by atoms with Crippen LogP contribution in [0.15, 0.2) is 18.2 Å². The first kappa shape index (κ1) is 11.3. The smallest absolute Gasteiger partial charge is 0.119 e. The maximum atomic E-state index is 5.28. The summed E-state index contributed by atoms with van der Waals surface area (Å²) in [6.07, 6.45) is 0. The van der Waals surface area contributed by atoms with Crippen molar-refractivity contribution in [3.05, 3.63) is 29.3 Å². The van der Waals surface area contributed by atoms with Gasteiger partial charge in [0.05, 0.1) is 7.11 Å². The molecule has 1 nitrogen and oxygen atoms in total. The van der Waals surface area contributed by atoms with Crippen LogP contribution in [0.5, 0.6) is 5.75 Å². The van der Waals surface area contributed by atoms with Gasteiger partial charge >= 0.3 is 0 Å². The number of fused-ring (bicyclic) bond motifs is 1. The van der Waals surface area contributed by atoms with Gasteiger partial charge < -0.3 is 4.74 Å². The summed E-state index contributed by atoms with van der Waals surface area (Å²) in [6.45, 7) is 2.29. The van der Waals surface area contributed by atoms with E-state index >= 15 is 0 Å². The summed E-state index contributed by atoms with van der Waals surface area (Å²) in [7, 11) is 1.73. The zero-order valence-corrected chi connectivity index (χ0v) is 11.4. The summed E-state index contributed by atoms with van der Waals surface area (Å²) in [5, 5.41) is 1.63. The Labute approximate surface area is 104 Å². The Morgan fingerprint density at radius 3 is 2.93 bits per heavy atom. The molecule has 0 saturated heterocycles. The molecule has 1 aromatic rings. The summed E-state index contributed by atoms with van der Waals surface area (Å²) in [4.78, 5) is 0. The highest BCUT2D eigenvalue weighted by Gasteiger charge is 2.24. The Hall–Kier alpha value is -0.150. The summed E-state index contributed by atoms with van der Waals surface area (Å²) in [5.74, 6) is 2.81. The van der Waals surface area contributed by atoms with Crippen molar-refractivity contribution >= 4 is 27.7 Å². The van der Waals surface area contributed by atoms with Crippen LogP contribution in [0.25, 0.3) is 0 Å². The van der Waals surface area contributed by atoms with Gasteiger partial charge in [0.25, 0.3) is 0 Å². The van der Waals surface area contributed by atoms with Crippen molar-refractivity contribution in [2.24, 2.45) is 0 Å². The third kappa shape index (κ3) is 2.18. The van der Waals surface area contributed by atoms with Gasteiger partial charge in [0.1, 0.15) is 5.75 Å². The Bertz CT molecular complexity index is 353. The minimum absolute atomic E-state index is 0.599. The van der Waals surface area contributed by atoms with E-state index in [0.29, 0.717) is 11.2 Å². The van der Waals surface area contributed by atoms with Gasteiger partial charge in [-0.05, 0) is 29.2 Å². The maximum Gasteiger partial charge on any atom is 0.119 e. The second kappa shape index (κ2) is 4.79. The van der Waals surface area contributed by atoms with E-state index in [1.54, 1.807) is 7.11 Å². The van der Waals surface area contributed by atoms with Crippen LogP contribution in [-0.2, 0) is 0 Å². The van der Waals surface area contributed by atoms with E-state index < -0.39 is 0 Å². The number of alkyl halides is 1. The van der Waals surface area contributed by atoms with Gasteiger partial charge in [-0.15, -0.1) is 0 Å². The summed E-state index contributed by atoms with van der Waals surface area (Å²) in [5.41, 5.74) is 2.92. The van der Waals surface area contributed by atoms with E-state index in [0.717, 1.165) is 11.1 Å². The molecule has 0 spiro atoms. The monoisotopic (exact) mass is 286 g/mol. The van der Waals surface area contributed by atoms with Crippen molar-refractivity contribution in [3.8, 4) is 5.75 Å². The molecule has 0 aromatic heterocycles. The van der Waals surface area contributed by atoms with Crippen molar-refractivity contribution in [2.45, 2.75) is 18.1 Å². The minimum atomic E-state index is 0.599. The van der Waals surface area contributed by atoms with Crippen LogP contribution in [0.1, 0.15) is 29.2 Å². The molecule has 0 fully saturated rings. The number of methoxy groups -OCH3 is 1. The molecule has 0 amide bonds. The van der Waals surface area contributed by atoms with E-state index in [-0.39, 0.29) is 0 Å². The zero-order valence-electron chi connectivity index (χ0n) is 9.00. The van der Waals surface area contributed by atoms with Gasteiger partial charge in [0.2, 0.25) is 0 Å². The average Bonchev–Trinajstić information content (AvgIpc) is 2.29. The van der Waals surface area contributed by atoms with Crippen LogP contribution in [0.2, 0.25) is 0 Å². The number of benzene rings is 1. The Balaban J connectivity index is 2.42. The van der Waals surface area contributed by atoms with Gasteiger partial charge in [-0.3, -0.25) is 0 Å². The molecule has 0 bridgehead atoms. The molecule has 1 aromatic carbocycles. The Kier molecular flexibility index (Phi) is 3.62. The van der Waals surface area contributed by atoms with Gasteiger partial charge in [0.15, 0.2) is 0 Å². The maximum absolute atomic E-state index is 5.28. The molecule has 1 heterocycles. The Morgan fingerprint density at radius 2 is 2.27 bits per heavy atom. The molecule has 2 rings (SSSR count). The number of halogens is 1. The molecule has 2 atom stereocenters. The first-order valence-electron chi connectivity index (χ1n) is 5.11. The third-order valence-corrected chi connectivity index (χ3v) is 5.45. The SMILES string of the molecule is COc1ccc2c(c1)C(C)CSC2CBr. The number of rotatable bonds is 2. The molecule has 1 aliphatic heterocycles. The van der Waals surface area contributed by atoms with Gasteiger partial charge in [0, 0.05) is 16.3 Å². The van der Waals surface area contributed by atoms with Crippen molar-refractivity contribution in [1.29, 1.82) is 0 Å². The molecular formula is C12H15BrOS. The van der Waals surface area contributed by atoms with Crippen LogP contribution in [0.3, 0.4) is 0 Å². The van der Waals surface area contributed by atoms with Gasteiger partial charge in [-0.2, -0.15) is 11.8 Å². The largest absolute Gasteiger partial charge is 0.497 e. The van der Waals surface area contributed by atoms with Crippen molar-refractivity contribution in [1.82, 2.24) is 0 Å². The highest BCUT2D eigenvalue weighted by atomic mass is 79.9. The molecular weight excluding hydrogens is 272 g/mol. The summed E-state index contributed by atoms with van der Waals surface area (Å²) < 4.78 is 5.28. The Morgan fingerprint density at radius 1 is 1.47 bits per heavy atom. The summed E-state index contributed by atoms with van der Waals surface area (Å²) >= 11 is 5.62. The fraction of sp³-hybridized carbons (Fsp3) is 0.500. The molecule has 0 N–H and O–H groups in total. The molecule has 15 heavy (non-hydrogen) atoms. The number of hydrogen-bond acceptors (Lipinski definition) is 2. The van der Waals surface area contributed by atoms with E-state index in [9.17, 15) is 0 Å². The lowest BCUT2D eigenvalue weighted by Crippen LogP contribution is -2.13. The molecule has 2 unspecified atom stereocenters. The fourth-order valence-corrected chi connectivity index (χ4v) is 4.06. The lowest BCUT2D eigenvalue weighted by molar-refractivity contribution is 0.413. The van der Waals surface area contributed by atoms with E-state index in [4.69, 9.17) is 4.74 Å². The van der Waals surface area contributed by atoms with Crippen LogP contribution in [0, 0.1) is 0 Å². The average molecular weight is 287 g/mol. The first-order valence-corrected chi connectivity index (χ1v) is 7.28. The first-order chi connectivity index (χ1) is 7.26. The predicted molar refractivity (Wildman–Crippen MR) is 70.4 cm³/mol. The van der Waals surface area contributed by atoms with Crippen molar-refractivity contribution < 1.29 is 4.74 Å².